The molecule has 0 heterocycles. The van der Waals surface area contributed by atoms with Crippen LogP contribution in [-0.4, -0.2) is 33.1 Å². The topological polar surface area (TPSA) is 55.4 Å². The average molecular weight is 318 g/mol. The van der Waals surface area contributed by atoms with Crippen LogP contribution in [0.2, 0.25) is 5.02 Å². The van der Waals surface area contributed by atoms with Gasteiger partial charge >= 0.3 is 0 Å². The minimum atomic E-state index is -2.93. The molecule has 1 aliphatic carbocycles. The standard InChI is InChI=1S/C14H20ClNO3S/c1-20(17,18)9-3-8-19-14-5-2-4-13(15)12(14)10-16-11-6-7-11/h2,4-5,11,16H,3,6-10H2,1H3. The van der Waals surface area contributed by atoms with Crippen molar-refractivity contribution in [1.29, 1.82) is 0 Å². The Hall–Kier alpha value is -0.780. The fraction of sp³-hybridized carbons (Fsp3) is 0.571. The van der Waals surface area contributed by atoms with Crippen LogP contribution in [0.1, 0.15) is 24.8 Å². The molecule has 0 bridgehead atoms. The Labute approximate surface area is 125 Å². The number of sulfone groups is 1. The highest BCUT2D eigenvalue weighted by atomic mass is 35.5. The molecule has 0 aromatic heterocycles. The van der Waals surface area contributed by atoms with Crippen molar-refractivity contribution < 1.29 is 13.2 Å². The van der Waals surface area contributed by atoms with E-state index in [-0.39, 0.29) is 5.75 Å². The van der Waals surface area contributed by atoms with E-state index in [1.165, 1.54) is 19.1 Å². The van der Waals surface area contributed by atoms with Crippen LogP contribution < -0.4 is 10.1 Å². The van der Waals surface area contributed by atoms with Gasteiger partial charge in [0.05, 0.1) is 12.4 Å². The van der Waals surface area contributed by atoms with Crippen molar-refractivity contribution in [3.05, 3.63) is 28.8 Å². The molecule has 0 spiro atoms. The fourth-order valence-electron chi connectivity index (χ4n) is 1.88. The van der Waals surface area contributed by atoms with Gasteiger partial charge in [0, 0.05) is 29.4 Å². The zero-order valence-corrected chi connectivity index (χ0v) is 13.1. The maximum atomic E-state index is 11.1. The fourth-order valence-corrected chi connectivity index (χ4v) is 2.76. The molecule has 0 aliphatic heterocycles. The first kappa shape index (κ1) is 15.6. The van der Waals surface area contributed by atoms with E-state index in [0.29, 0.717) is 30.6 Å². The summed E-state index contributed by atoms with van der Waals surface area (Å²) in [5, 5.41) is 4.09. The molecule has 2 rings (SSSR count). The molecule has 6 heteroatoms. The third-order valence-corrected chi connectivity index (χ3v) is 4.52. The molecule has 1 N–H and O–H groups in total. The number of benzene rings is 1. The van der Waals surface area contributed by atoms with Gasteiger partial charge in [-0.05, 0) is 31.4 Å². The number of rotatable bonds is 8. The number of nitrogens with one attached hydrogen (secondary N) is 1. The smallest absolute Gasteiger partial charge is 0.147 e. The lowest BCUT2D eigenvalue weighted by Crippen LogP contribution is -2.17. The van der Waals surface area contributed by atoms with E-state index in [4.69, 9.17) is 16.3 Å². The van der Waals surface area contributed by atoms with Crippen LogP contribution in [0.15, 0.2) is 18.2 Å². The van der Waals surface area contributed by atoms with E-state index in [0.717, 1.165) is 11.3 Å². The van der Waals surface area contributed by atoms with Crippen molar-refractivity contribution in [2.24, 2.45) is 0 Å². The van der Waals surface area contributed by atoms with Crippen molar-refractivity contribution in [1.82, 2.24) is 5.32 Å². The second kappa shape index (κ2) is 6.78. The summed E-state index contributed by atoms with van der Waals surface area (Å²) < 4.78 is 27.8. The number of halogens is 1. The zero-order chi connectivity index (χ0) is 14.6. The number of hydrogen-bond donors (Lipinski definition) is 1. The van der Waals surface area contributed by atoms with Crippen LogP contribution in [0.3, 0.4) is 0 Å². The van der Waals surface area contributed by atoms with Crippen LogP contribution >= 0.6 is 11.6 Å². The van der Waals surface area contributed by atoms with E-state index in [9.17, 15) is 8.42 Å². The monoisotopic (exact) mass is 317 g/mol. The van der Waals surface area contributed by atoms with Crippen molar-refractivity contribution >= 4 is 21.4 Å². The summed E-state index contributed by atoms with van der Waals surface area (Å²) in [6, 6.07) is 6.16. The average Bonchev–Trinajstić information content (AvgIpc) is 3.16. The van der Waals surface area contributed by atoms with Gasteiger partial charge in [-0.2, -0.15) is 0 Å². The van der Waals surface area contributed by atoms with Crippen molar-refractivity contribution in [2.75, 3.05) is 18.6 Å². The normalized spacial score (nSPS) is 15.3. The molecular formula is C14H20ClNO3S. The number of hydrogen-bond acceptors (Lipinski definition) is 4. The van der Waals surface area contributed by atoms with E-state index in [1.54, 1.807) is 0 Å². The lowest BCUT2D eigenvalue weighted by Gasteiger charge is -2.13. The van der Waals surface area contributed by atoms with Gasteiger partial charge in [0.25, 0.3) is 0 Å². The lowest BCUT2D eigenvalue weighted by molar-refractivity contribution is 0.313. The van der Waals surface area contributed by atoms with Gasteiger partial charge in [0.1, 0.15) is 15.6 Å². The van der Waals surface area contributed by atoms with Gasteiger partial charge in [0.2, 0.25) is 0 Å². The lowest BCUT2D eigenvalue weighted by atomic mass is 10.2. The summed E-state index contributed by atoms with van der Waals surface area (Å²) in [7, 11) is -2.93. The molecule has 0 radical (unpaired) electrons. The number of ether oxygens (including phenoxy) is 1. The highest BCUT2D eigenvalue weighted by molar-refractivity contribution is 7.90. The summed E-state index contributed by atoms with van der Waals surface area (Å²) in [5.41, 5.74) is 0.945. The highest BCUT2D eigenvalue weighted by Crippen LogP contribution is 2.28. The van der Waals surface area contributed by atoms with Crippen LogP contribution in [0.25, 0.3) is 0 Å². The quantitative estimate of drug-likeness (QED) is 0.748. The first-order valence-corrected chi connectivity index (χ1v) is 9.21. The molecule has 1 aromatic rings. The molecule has 1 aliphatic rings. The first-order chi connectivity index (χ1) is 9.46. The van der Waals surface area contributed by atoms with Gasteiger partial charge in [0.15, 0.2) is 0 Å². The van der Waals surface area contributed by atoms with Crippen molar-refractivity contribution in [2.45, 2.75) is 31.8 Å². The van der Waals surface area contributed by atoms with Gasteiger partial charge in [-0.15, -0.1) is 0 Å². The van der Waals surface area contributed by atoms with Gasteiger partial charge in [-0.1, -0.05) is 17.7 Å². The van der Waals surface area contributed by atoms with E-state index >= 15 is 0 Å². The Morgan fingerprint density at radius 2 is 2.15 bits per heavy atom. The molecule has 4 nitrogen and oxygen atoms in total. The van der Waals surface area contributed by atoms with Crippen LogP contribution in [-0.2, 0) is 16.4 Å². The van der Waals surface area contributed by atoms with Crippen LogP contribution in [0.4, 0.5) is 0 Å². The van der Waals surface area contributed by atoms with E-state index < -0.39 is 9.84 Å². The Balaban J connectivity index is 1.90. The predicted octanol–water partition coefficient (Wildman–Crippen LogP) is 2.41. The van der Waals surface area contributed by atoms with Crippen molar-refractivity contribution in [3.63, 3.8) is 0 Å². The van der Waals surface area contributed by atoms with Gasteiger partial charge in [-0.3, -0.25) is 0 Å². The summed E-state index contributed by atoms with van der Waals surface area (Å²) >= 11 is 6.20. The molecule has 0 saturated heterocycles. The molecule has 0 atom stereocenters. The Morgan fingerprint density at radius 3 is 2.80 bits per heavy atom. The Bertz CT molecular complexity index is 556. The molecule has 20 heavy (non-hydrogen) atoms. The minimum Gasteiger partial charge on any atom is -0.493 e. The molecule has 112 valence electrons. The highest BCUT2D eigenvalue weighted by Gasteiger charge is 2.21. The van der Waals surface area contributed by atoms with Gasteiger partial charge in [-0.25, -0.2) is 8.42 Å². The van der Waals surface area contributed by atoms with Crippen LogP contribution in [0, 0.1) is 0 Å². The van der Waals surface area contributed by atoms with Crippen molar-refractivity contribution in [3.8, 4) is 5.75 Å². The molecule has 1 aromatic carbocycles. The second-order valence-electron chi connectivity index (χ2n) is 5.20. The molecule has 0 unspecified atom stereocenters. The molecule has 1 fully saturated rings. The second-order valence-corrected chi connectivity index (χ2v) is 7.87. The third kappa shape index (κ3) is 5.31. The zero-order valence-electron chi connectivity index (χ0n) is 11.6. The summed E-state index contributed by atoms with van der Waals surface area (Å²) in [5.74, 6) is 0.877. The molecule has 1 saturated carbocycles. The van der Waals surface area contributed by atoms with Gasteiger partial charge < -0.3 is 10.1 Å². The predicted molar refractivity (Wildman–Crippen MR) is 81.1 cm³/mol. The third-order valence-electron chi connectivity index (χ3n) is 3.14. The van der Waals surface area contributed by atoms with Crippen LogP contribution in [0.5, 0.6) is 5.75 Å². The maximum Gasteiger partial charge on any atom is 0.147 e. The summed E-state index contributed by atoms with van der Waals surface area (Å²) in [6.07, 6.45) is 4.15. The van der Waals surface area contributed by atoms with E-state index in [1.807, 2.05) is 18.2 Å². The molecule has 0 amide bonds. The largest absolute Gasteiger partial charge is 0.493 e. The Morgan fingerprint density at radius 1 is 1.40 bits per heavy atom. The Kier molecular flexibility index (Phi) is 5.29. The minimum absolute atomic E-state index is 0.142. The molecular weight excluding hydrogens is 298 g/mol. The van der Waals surface area contributed by atoms with E-state index in [2.05, 4.69) is 5.32 Å². The summed E-state index contributed by atoms with van der Waals surface area (Å²) in [6.45, 7) is 1.07. The first-order valence-electron chi connectivity index (χ1n) is 6.77. The SMILES string of the molecule is CS(=O)(=O)CCCOc1cccc(Cl)c1CNC1CC1. The maximum absolute atomic E-state index is 11.1. The summed E-state index contributed by atoms with van der Waals surface area (Å²) in [4.78, 5) is 0.